The second-order valence-corrected chi connectivity index (χ2v) is 8.50. The second kappa shape index (κ2) is 12.6. The summed E-state index contributed by atoms with van der Waals surface area (Å²) in [5.41, 5.74) is 0.727. The molecule has 36 heavy (non-hydrogen) atoms. The monoisotopic (exact) mass is 511 g/mol. The van der Waals surface area contributed by atoms with Gasteiger partial charge in [0, 0.05) is 12.2 Å². The van der Waals surface area contributed by atoms with Gasteiger partial charge in [-0.2, -0.15) is 0 Å². The number of hydrogen-bond acceptors (Lipinski definition) is 7. The highest BCUT2D eigenvalue weighted by atomic mass is 32.2. The van der Waals surface area contributed by atoms with Gasteiger partial charge < -0.3 is 19.9 Å². The van der Waals surface area contributed by atoms with E-state index in [4.69, 9.17) is 4.74 Å². The van der Waals surface area contributed by atoms with Gasteiger partial charge in [0.1, 0.15) is 5.82 Å². The Morgan fingerprint density at radius 2 is 1.97 bits per heavy atom. The molecule has 11 heteroatoms. The van der Waals surface area contributed by atoms with Crippen LogP contribution in [0.1, 0.15) is 46.4 Å². The third kappa shape index (κ3) is 6.79. The molecule has 0 unspecified atom stereocenters. The quantitative estimate of drug-likeness (QED) is 0.227. The molecule has 0 saturated carbocycles. The van der Waals surface area contributed by atoms with Crippen molar-refractivity contribution in [3.05, 3.63) is 84.0 Å². The van der Waals surface area contributed by atoms with Crippen LogP contribution < -0.4 is 10.6 Å². The first-order valence-electron chi connectivity index (χ1n) is 11.1. The minimum Gasteiger partial charge on any atom is -0.462 e. The number of halogens is 1. The Kier molecular flexibility index (Phi) is 9.34. The third-order valence-electron chi connectivity index (χ3n) is 4.90. The minimum atomic E-state index is -0.621. The molecule has 1 heterocycles. The summed E-state index contributed by atoms with van der Waals surface area (Å²) in [5, 5.41) is 14.2. The molecule has 0 radical (unpaired) electrons. The van der Waals surface area contributed by atoms with Gasteiger partial charge in [-0.1, -0.05) is 36.0 Å². The number of esters is 1. The van der Waals surface area contributed by atoms with Crippen molar-refractivity contribution in [1.82, 2.24) is 20.1 Å². The van der Waals surface area contributed by atoms with Crippen LogP contribution in [0, 0.1) is 5.82 Å². The average Bonchev–Trinajstić information content (AvgIpc) is 3.26. The van der Waals surface area contributed by atoms with E-state index >= 15 is 0 Å². The van der Waals surface area contributed by atoms with E-state index in [9.17, 15) is 18.8 Å². The smallest absolute Gasteiger partial charge is 0.338 e. The van der Waals surface area contributed by atoms with E-state index in [0.717, 1.165) is 11.8 Å². The molecular weight excluding hydrogens is 485 g/mol. The molecule has 0 aliphatic rings. The van der Waals surface area contributed by atoms with Crippen LogP contribution in [-0.4, -0.2) is 44.9 Å². The molecule has 9 nitrogen and oxygen atoms in total. The first kappa shape index (κ1) is 26.6. The SMILES string of the molecule is C=CCn1c(SCC(=O)Nc2cccc(C(=O)OCC)c2)nnc1[C@H](C)NC(=O)c1ccccc1F. The highest BCUT2D eigenvalue weighted by Gasteiger charge is 2.21. The summed E-state index contributed by atoms with van der Waals surface area (Å²) in [6, 6.07) is 11.6. The molecule has 2 N–H and O–H groups in total. The number of aromatic nitrogens is 3. The van der Waals surface area contributed by atoms with Crippen LogP contribution in [0.4, 0.5) is 10.1 Å². The molecule has 0 bridgehead atoms. The topological polar surface area (TPSA) is 115 Å². The second-order valence-electron chi connectivity index (χ2n) is 7.55. The largest absolute Gasteiger partial charge is 0.462 e. The minimum absolute atomic E-state index is 0.0227. The van der Waals surface area contributed by atoms with Crippen LogP contribution in [-0.2, 0) is 16.1 Å². The van der Waals surface area contributed by atoms with Gasteiger partial charge in [0.2, 0.25) is 5.91 Å². The third-order valence-corrected chi connectivity index (χ3v) is 5.87. The normalized spacial score (nSPS) is 11.4. The van der Waals surface area contributed by atoms with Crippen molar-refractivity contribution in [2.45, 2.75) is 31.6 Å². The van der Waals surface area contributed by atoms with Gasteiger partial charge >= 0.3 is 5.97 Å². The maximum Gasteiger partial charge on any atom is 0.338 e. The lowest BCUT2D eigenvalue weighted by molar-refractivity contribution is -0.113. The van der Waals surface area contributed by atoms with E-state index in [1.54, 1.807) is 54.8 Å². The summed E-state index contributed by atoms with van der Waals surface area (Å²) in [6.45, 7) is 7.77. The Hall–Kier alpha value is -3.99. The lowest BCUT2D eigenvalue weighted by Crippen LogP contribution is -2.29. The fraction of sp³-hybridized carbons (Fsp3) is 0.240. The van der Waals surface area contributed by atoms with Gasteiger partial charge in [-0.3, -0.25) is 9.59 Å². The predicted octanol–water partition coefficient (Wildman–Crippen LogP) is 4.00. The van der Waals surface area contributed by atoms with E-state index < -0.39 is 23.7 Å². The molecule has 188 valence electrons. The summed E-state index contributed by atoms with van der Waals surface area (Å²) in [4.78, 5) is 36.9. The molecule has 3 aromatic rings. The molecular formula is C25H26FN5O4S. The molecule has 2 aromatic carbocycles. The molecule has 0 aliphatic carbocycles. The molecule has 2 amide bonds. The fourth-order valence-electron chi connectivity index (χ4n) is 3.28. The summed E-state index contributed by atoms with van der Waals surface area (Å²) < 4.78 is 20.7. The lowest BCUT2D eigenvalue weighted by atomic mass is 10.2. The maximum absolute atomic E-state index is 14.0. The van der Waals surface area contributed by atoms with Crippen molar-refractivity contribution in [1.29, 1.82) is 0 Å². The number of thioether (sulfide) groups is 1. The van der Waals surface area contributed by atoms with Crippen molar-refractivity contribution in [3.63, 3.8) is 0 Å². The Balaban J connectivity index is 1.65. The molecule has 0 fully saturated rings. The van der Waals surface area contributed by atoms with E-state index in [1.165, 1.54) is 18.2 Å². The van der Waals surface area contributed by atoms with Crippen molar-refractivity contribution in [3.8, 4) is 0 Å². The molecule has 3 rings (SSSR count). The number of nitrogens with zero attached hydrogens (tertiary/aromatic N) is 3. The van der Waals surface area contributed by atoms with Crippen molar-refractivity contribution < 1.29 is 23.5 Å². The number of nitrogens with one attached hydrogen (secondary N) is 2. The zero-order valence-corrected chi connectivity index (χ0v) is 20.7. The van der Waals surface area contributed by atoms with E-state index in [2.05, 4.69) is 27.4 Å². The molecule has 0 spiro atoms. The number of allylic oxidation sites excluding steroid dienone is 1. The number of carbonyl (C=O) groups excluding carboxylic acids is 3. The number of benzene rings is 2. The van der Waals surface area contributed by atoms with Crippen LogP contribution in [0.5, 0.6) is 0 Å². The number of carbonyl (C=O) groups is 3. The summed E-state index contributed by atoms with van der Waals surface area (Å²) in [5.74, 6) is -1.52. The zero-order chi connectivity index (χ0) is 26.1. The number of rotatable bonds is 11. The first-order chi connectivity index (χ1) is 17.3. The summed E-state index contributed by atoms with van der Waals surface area (Å²) in [7, 11) is 0. The number of hydrogen-bond donors (Lipinski definition) is 2. The molecule has 0 aliphatic heterocycles. The van der Waals surface area contributed by atoms with Crippen LogP contribution in [0.25, 0.3) is 0 Å². The van der Waals surface area contributed by atoms with Gasteiger partial charge in [-0.25, -0.2) is 9.18 Å². The fourth-order valence-corrected chi connectivity index (χ4v) is 4.03. The summed E-state index contributed by atoms with van der Waals surface area (Å²) in [6.07, 6.45) is 1.64. The molecule has 1 aromatic heterocycles. The number of amides is 2. The zero-order valence-electron chi connectivity index (χ0n) is 19.9. The van der Waals surface area contributed by atoms with E-state index in [1.807, 2.05) is 0 Å². The van der Waals surface area contributed by atoms with Crippen molar-refractivity contribution >= 4 is 35.2 Å². The Bertz CT molecular complexity index is 1260. The molecule has 0 saturated heterocycles. The number of ether oxygens (including phenoxy) is 1. The van der Waals surface area contributed by atoms with Crippen LogP contribution in [0.3, 0.4) is 0 Å². The van der Waals surface area contributed by atoms with E-state index in [0.29, 0.717) is 28.8 Å². The highest BCUT2D eigenvalue weighted by Crippen LogP contribution is 2.22. The van der Waals surface area contributed by atoms with Crippen molar-refractivity contribution in [2.75, 3.05) is 17.7 Å². The molecule has 1 atom stereocenters. The predicted molar refractivity (Wildman–Crippen MR) is 134 cm³/mol. The van der Waals surface area contributed by atoms with Gasteiger partial charge in [-0.15, -0.1) is 16.8 Å². The van der Waals surface area contributed by atoms with Gasteiger partial charge in [-0.05, 0) is 44.2 Å². The van der Waals surface area contributed by atoms with E-state index in [-0.39, 0.29) is 23.8 Å². The lowest BCUT2D eigenvalue weighted by Gasteiger charge is -2.15. The number of anilines is 1. The highest BCUT2D eigenvalue weighted by molar-refractivity contribution is 7.99. The average molecular weight is 512 g/mol. The van der Waals surface area contributed by atoms with Gasteiger partial charge in [0.15, 0.2) is 11.0 Å². The van der Waals surface area contributed by atoms with Crippen molar-refractivity contribution in [2.24, 2.45) is 0 Å². The van der Waals surface area contributed by atoms with Crippen LogP contribution in [0.15, 0.2) is 66.3 Å². The van der Waals surface area contributed by atoms with Crippen LogP contribution >= 0.6 is 11.8 Å². The van der Waals surface area contributed by atoms with Gasteiger partial charge in [0.25, 0.3) is 5.91 Å². The Morgan fingerprint density at radius 3 is 2.69 bits per heavy atom. The summed E-state index contributed by atoms with van der Waals surface area (Å²) >= 11 is 1.15. The Labute approximate surface area is 212 Å². The van der Waals surface area contributed by atoms with Gasteiger partial charge in [0.05, 0.1) is 29.5 Å². The van der Waals surface area contributed by atoms with Crippen LogP contribution in [0.2, 0.25) is 0 Å². The maximum atomic E-state index is 14.0. The first-order valence-corrected chi connectivity index (χ1v) is 12.1. The standard InChI is InChI=1S/C25H26FN5O4S/c1-4-13-31-22(16(3)27-23(33)19-11-6-7-12-20(19)26)29-30-25(31)36-15-21(32)28-18-10-8-9-17(14-18)24(34)35-5-2/h4,6-12,14,16H,1,5,13,15H2,2-3H3,(H,27,33)(H,28,32)/t16-/m0/s1. The Morgan fingerprint density at radius 1 is 1.19 bits per heavy atom.